The van der Waals surface area contributed by atoms with Gasteiger partial charge in [0.25, 0.3) is 5.91 Å². The summed E-state index contributed by atoms with van der Waals surface area (Å²) in [6.45, 7) is 5.29. The van der Waals surface area contributed by atoms with Crippen LogP contribution < -0.4 is 5.32 Å². The van der Waals surface area contributed by atoms with Crippen LogP contribution >= 0.6 is 0 Å². The van der Waals surface area contributed by atoms with Crippen molar-refractivity contribution in [1.29, 1.82) is 0 Å². The molecule has 2 heterocycles. The highest BCUT2D eigenvalue weighted by Crippen LogP contribution is 2.25. The van der Waals surface area contributed by atoms with E-state index in [9.17, 15) is 13.2 Å². The number of aryl methyl sites for hydroxylation is 1. The van der Waals surface area contributed by atoms with Crippen LogP contribution in [0, 0.1) is 0 Å². The van der Waals surface area contributed by atoms with E-state index in [2.05, 4.69) is 20.1 Å². The molecule has 174 valence electrons. The molecule has 0 spiro atoms. The third-order valence-electron chi connectivity index (χ3n) is 5.95. The van der Waals surface area contributed by atoms with Gasteiger partial charge in [0, 0.05) is 42.9 Å². The van der Waals surface area contributed by atoms with Gasteiger partial charge in [0.2, 0.25) is 10.0 Å². The highest BCUT2D eigenvalue weighted by molar-refractivity contribution is 7.89. The van der Waals surface area contributed by atoms with Crippen molar-refractivity contribution in [2.24, 2.45) is 0 Å². The number of hydrogen-bond donors (Lipinski definition) is 1. The van der Waals surface area contributed by atoms with Crippen LogP contribution in [0.3, 0.4) is 0 Å². The molecule has 0 saturated heterocycles. The maximum Gasteiger partial charge on any atom is 0.255 e. The summed E-state index contributed by atoms with van der Waals surface area (Å²) in [6, 6.07) is 13.6. The van der Waals surface area contributed by atoms with E-state index < -0.39 is 10.0 Å². The Bertz CT molecular complexity index is 1230. The Balaban J connectivity index is 1.51. The summed E-state index contributed by atoms with van der Waals surface area (Å²) in [5.74, 6) is 1.52. The minimum absolute atomic E-state index is 0.178. The predicted molar refractivity (Wildman–Crippen MR) is 128 cm³/mol. The number of amides is 1. The number of aromatic nitrogens is 3. The Morgan fingerprint density at radius 1 is 1.03 bits per heavy atom. The number of rotatable bonds is 7. The minimum atomic E-state index is -3.56. The van der Waals surface area contributed by atoms with E-state index in [0.717, 1.165) is 43.0 Å². The molecule has 0 bridgehead atoms. The Morgan fingerprint density at radius 2 is 1.79 bits per heavy atom. The Morgan fingerprint density at radius 3 is 2.52 bits per heavy atom. The lowest BCUT2D eigenvalue weighted by molar-refractivity contribution is 0.102. The largest absolute Gasteiger partial charge is 0.322 e. The first-order valence-electron chi connectivity index (χ1n) is 11.4. The van der Waals surface area contributed by atoms with E-state index in [0.29, 0.717) is 24.3 Å². The number of hydrogen-bond acceptors (Lipinski definition) is 5. The summed E-state index contributed by atoms with van der Waals surface area (Å²) in [5, 5.41) is 11.6. The number of anilines is 1. The summed E-state index contributed by atoms with van der Waals surface area (Å²) in [4.78, 5) is 13.0. The fourth-order valence-electron chi connectivity index (χ4n) is 4.13. The standard InChI is InChI=1S/C24H29N5O3S/c1-3-28(4-2)33(31,32)21-14-12-18(13-15-21)24(30)25-20-10-8-9-19(17-20)23-27-26-22-11-6-5-7-16-29(22)23/h8-10,12-15,17H,3-7,11,16H2,1-2H3,(H,25,30). The molecule has 0 fully saturated rings. The van der Waals surface area contributed by atoms with Crippen LogP contribution in [0.25, 0.3) is 11.4 Å². The summed E-state index contributed by atoms with van der Waals surface area (Å²) in [6.07, 6.45) is 4.36. The van der Waals surface area contributed by atoms with Gasteiger partial charge in [-0.3, -0.25) is 4.79 Å². The highest BCUT2D eigenvalue weighted by atomic mass is 32.2. The van der Waals surface area contributed by atoms with E-state index in [1.807, 2.05) is 24.3 Å². The van der Waals surface area contributed by atoms with E-state index >= 15 is 0 Å². The molecule has 1 aliphatic rings. The molecule has 2 aromatic carbocycles. The van der Waals surface area contributed by atoms with Crippen molar-refractivity contribution < 1.29 is 13.2 Å². The quantitative estimate of drug-likeness (QED) is 0.567. The predicted octanol–water partition coefficient (Wildman–Crippen LogP) is 3.95. The molecule has 9 heteroatoms. The number of carbonyl (C=O) groups excluding carboxylic acids is 1. The van der Waals surface area contributed by atoms with Crippen molar-refractivity contribution in [3.63, 3.8) is 0 Å². The zero-order valence-electron chi connectivity index (χ0n) is 19.0. The second-order valence-corrected chi connectivity index (χ2v) is 9.99. The van der Waals surface area contributed by atoms with Crippen molar-refractivity contribution in [3.8, 4) is 11.4 Å². The number of carbonyl (C=O) groups is 1. The Kier molecular flexibility index (Phi) is 6.90. The molecule has 1 N–H and O–H groups in total. The monoisotopic (exact) mass is 467 g/mol. The maximum atomic E-state index is 12.8. The van der Waals surface area contributed by atoms with E-state index in [1.165, 1.54) is 35.0 Å². The zero-order valence-corrected chi connectivity index (χ0v) is 19.8. The fraction of sp³-hybridized carbons (Fsp3) is 0.375. The molecule has 0 saturated carbocycles. The molecule has 0 radical (unpaired) electrons. The number of nitrogens with one attached hydrogen (secondary N) is 1. The van der Waals surface area contributed by atoms with Crippen LogP contribution in [0.2, 0.25) is 0 Å². The molecular formula is C24H29N5O3S. The summed E-state index contributed by atoms with van der Waals surface area (Å²) < 4.78 is 28.9. The topological polar surface area (TPSA) is 97.2 Å². The van der Waals surface area contributed by atoms with Crippen molar-refractivity contribution in [2.75, 3.05) is 18.4 Å². The second-order valence-electron chi connectivity index (χ2n) is 8.05. The first-order chi connectivity index (χ1) is 15.9. The van der Waals surface area contributed by atoms with Gasteiger partial charge in [0.15, 0.2) is 5.82 Å². The second kappa shape index (κ2) is 9.84. The van der Waals surface area contributed by atoms with Gasteiger partial charge in [-0.2, -0.15) is 4.31 Å². The number of sulfonamides is 1. The van der Waals surface area contributed by atoms with E-state index in [-0.39, 0.29) is 10.8 Å². The minimum Gasteiger partial charge on any atom is -0.322 e. The molecule has 0 atom stereocenters. The first kappa shape index (κ1) is 23.1. The van der Waals surface area contributed by atoms with Crippen molar-refractivity contribution in [3.05, 3.63) is 59.9 Å². The zero-order chi connectivity index (χ0) is 23.4. The van der Waals surface area contributed by atoms with Gasteiger partial charge in [-0.1, -0.05) is 32.4 Å². The van der Waals surface area contributed by atoms with Gasteiger partial charge in [0.1, 0.15) is 5.82 Å². The Labute approximate surface area is 194 Å². The van der Waals surface area contributed by atoms with Crippen molar-refractivity contribution in [2.45, 2.75) is 51.0 Å². The van der Waals surface area contributed by atoms with Crippen molar-refractivity contribution >= 4 is 21.6 Å². The lowest BCUT2D eigenvalue weighted by Crippen LogP contribution is -2.30. The molecule has 0 unspecified atom stereocenters. The average Bonchev–Trinajstić information content (AvgIpc) is 3.08. The lowest BCUT2D eigenvalue weighted by Gasteiger charge is -2.18. The average molecular weight is 468 g/mol. The summed E-state index contributed by atoms with van der Waals surface area (Å²) >= 11 is 0. The van der Waals surface area contributed by atoms with Gasteiger partial charge in [-0.05, 0) is 49.2 Å². The molecule has 4 rings (SSSR count). The normalized spacial score (nSPS) is 14.0. The number of nitrogens with zero attached hydrogens (tertiary/aromatic N) is 4. The Hall–Kier alpha value is -3.04. The molecule has 0 aliphatic carbocycles. The molecular weight excluding hydrogens is 438 g/mol. The number of benzene rings is 2. The van der Waals surface area contributed by atoms with Gasteiger partial charge in [-0.15, -0.1) is 10.2 Å². The van der Waals surface area contributed by atoms with Crippen LogP contribution in [0.15, 0.2) is 53.4 Å². The first-order valence-corrected chi connectivity index (χ1v) is 12.8. The molecule has 1 amide bonds. The van der Waals surface area contributed by atoms with Crippen LogP contribution in [-0.2, 0) is 23.0 Å². The third-order valence-corrected chi connectivity index (χ3v) is 8.01. The molecule has 33 heavy (non-hydrogen) atoms. The smallest absolute Gasteiger partial charge is 0.255 e. The van der Waals surface area contributed by atoms with E-state index in [1.54, 1.807) is 13.8 Å². The summed E-state index contributed by atoms with van der Waals surface area (Å²) in [7, 11) is -3.56. The third kappa shape index (κ3) is 4.84. The van der Waals surface area contributed by atoms with E-state index in [4.69, 9.17) is 0 Å². The highest BCUT2D eigenvalue weighted by Gasteiger charge is 2.22. The van der Waals surface area contributed by atoms with Gasteiger partial charge < -0.3 is 9.88 Å². The van der Waals surface area contributed by atoms with Crippen LogP contribution in [0.1, 0.15) is 49.3 Å². The van der Waals surface area contributed by atoms with Crippen molar-refractivity contribution in [1.82, 2.24) is 19.1 Å². The van der Waals surface area contributed by atoms with Crippen LogP contribution in [0.5, 0.6) is 0 Å². The summed E-state index contributed by atoms with van der Waals surface area (Å²) in [5.41, 5.74) is 1.92. The van der Waals surface area contributed by atoms with Crippen LogP contribution in [0.4, 0.5) is 5.69 Å². The fourth-order valence-corrected chi connectivity index (χ4v) is 5.59. The molecule has 8 nitrogen and oxygen atoms in total. The maximum absolute atomic E-state index is 12.8. The SMILES string of the molecule is CCN(CC)S(=O)(=O)c1ccc(C(=O)Nc2cccc(-c3nnc4n3CCCCC4)c2)cc1. The molecule has 3 aromatic rings. The van der Waals surface area contributed by atoms with Gasteiger partial charge in [-0.25, -0.2) is 8.42 Å². The van der Waals surface area contributed by atoms with Gasteiger partial charge in [0.05, 0.1) is 4.90 Å². The molecule has 1 aliphatic heterocycles. The van der Waals surface area contributed by atoms with Crippen LogP contribution in [-0.4, -0.2) is 46.5 Å². The lowest BCUT2D eigenvalue weighted by atomic mass is 10.1. The molecule has 1 aromatic heterocycles. The number of fused-ring (bicyclic) bond motifs is 1. The van der Waals surface area contributed by atoms with Gasteiger partial charge >= 0.3 is 0 Å².